The number of halogens is 1. The number of aliphatic hydroxyl groups is 1. The number of hydrogen-bond acceptors (Lipinski definition) is 4. The highest BCUT2D eigenvalue weighted by Crippen LogP contribution is 2.13. The zero-order valence-electron chi connectivity index (χ0n) is 13.3. The molecule has 0 aliphatic carbocycles. The number of nitrogens with zero attached hydrogens (tertiary/aromatic N) is 1. The first-order valence-electron chi connectivity index (χ1n) is 7.23. The maximum absolute atomic E-state index is 12.9. The number of benzene rings is 1. The molecule has 124 valence electrons. The summed E-state index contributed by atoms with van der Waals surface area (Å²) >= 11 is 0. The minimum absolute atomic E-state index is 0.0651. The second-order valence-electron chi connectivity index (χ2n) is 5.86. The molecule has 0 heterocycles. The lowest BCUT2D eigenvalue weighted by Crippen LogP contribution is -2.38. The van der Waals surface area contributed by atoms with Crippen LogP contribution < -0.4 is 0 Å². The lowest BCUT2D eigenvalue weighted by atomic mass is 10.2. The van der Waals surface area contributed by atoms with Gasteiger partial charge < -0.3 is 19.5 Å². The highest BCUT2D eigenvalue weighted by Gasteiger charge is 2.22. The number of amides is 1. The molecular formula is C16H24FNO4. The quantitative estimate of drug-likeness (QED) is 0.786. The molecule has 6 heteroatoms. The van der Waals surface area contributed by atoms with Gasteiger partial charge in [0, 0.05) is 13.1 Å². The third kappa shape index (κ3) is 7.38. The Bertz CT molecular complexity index is 456. The molecule has 0 radical (unpaired) electrons. The molecular weight excluding hydrogens is 289 g/mol. The van der Waals surface area contributed by atoms with Crippen molar-refractivity contribution in [3.8, 4) is 0 Å². The minimum Gasteiger partial charge on any atom is -0.444 e. The average molecular weight is 313 g/mol. The zero-order chi connectivity index (χ0) is 16.6. The highest BCUT2D eigenvalue weighted by molar-refractivity contribution is 5.68. The normalized spacial score (nSPS) is 11.3. The van der Waals surface area contributed by atoms with Crippen molar-refractivity contribution in [3.63, 3.8) is 0 Å². The lowest BCUT2D eigenvalue weighted by molar-refractivity contribution is 0.0136. The topological polar surface area (TPSA) is 59.0 Å². The van der Waals surface area contributed by atoms with Gasteiger partial charge in [0.2, 0.25) is 0 Å². The molecule has 1 N–H and O–H groups in total. The van der Waals surface area contributed by atoms with Gasteiger partial charge in [-0.15, -0.1) is 0 Å². The molecule has 1 amide bonds. The highest BCUT2D eigenvalue weighted by atomic mass is 19.1. The van der Waals surface area contributed by atoms with Gasteiger partial charge in [0.15, 0.2) is 0 Å². The van der Waals surface area contributed by atoms with E-state index in [1.807, 2.05) is 0 Å². The Morgan fingerprint density at radius 3 is 2.41 bits per heavy atom. The Hall–Kier alpha value is -1.66. The van der Waals surface area contributed by atoms with E-state index in [0.717, 1.165) is 5.56 Å². The van der Waals surface area contributed by atoms with Crippen LogP contribution in [0.5, 0.6) is 0 Å². The van der Waals surface area contributed by atoms with E-state index < -0.39 is 11.7 Å². The number of carbonyl (C=O) groups excluding carboxylic acids is 1. The number of hydrogen-bond donors (Lipinski definition) is 1. The predicted octanol–water partition coefficient (Wildman–Crippen LogP) is 2.57. The molecule has 0 unspecified atom stereocenters. The monoisotopic (exact) mass is 313 g/mol. The van der Waals surface area contributed by atoms with E-state index in [1.54, 1.807) is 32.9 Å². The van der Waals surface area contributed by atoms with E-state index in [0.29, 0.717) is 19.7 Å². The molecule has 0 aromatic heterocycles. The van der Waals surface area contributed by atoms with Crippen LogP contribution in [0.2, 0.25) is 0 Å². The van der Waals surface area contributed by atoms with E-state index in [-0.39, 0.29) is 19.0 Å². The number of carbonyl (C=O) groups is 1. The predicted molar refractivity (Wildman–Crippen MR) is 80.9 cm³/mol. The summed E-state index contributed by atoms with van der Waals surface area (Å²) in [7, 11) is 0. The van der Waals surface area contributed by atoms with E-state index in [9.17, 15) is 9.18 Å². The minimum atomic E-state index is -0.593. The van der Waals surface area contributed by atoms with Gasteiger partial charge in [-0.25, -0.2) is 9.18 Å². The smallest absolute Gasteiger partial charge is 0.410 e. The standard InChI is InChI=1S/C16H24FNO4/c1-16(2,3)22-15(20)18(8-10-21-11-9-19)12-13-4-6-14(17)7-5-13/h4-7,19H,8-12H2,1-3H3. The summed E-state index contributed by atoms with van der Waals surface area (Å²) in [6, 6.07) is 5.96. The van der Waals surface area contributed by atoms with Crippen LogP contribution in [-0.2, 0) is 16.0 Å². The van der Waals surface area contributed by atoms with Crippen molar-refractivity contribution >= 4 is 6.09 Å². The molecule has 0 bridgehead atoms. The summed E-state index contributed by atoms with van der Waals surface area (Å²) in [5, 5.41) is 8.69. The molecule has 1 aromatic rings. The van der Waals surface area contributed by atoms with E-state index in [1.165, 1.54) is 17.0 Å². The van der Waals surface area contributed by atoms with Crippen LogP contribution in [0.1, 0.15) is 26.3 Å². The third-order valence-corrected chi connectivity index (χ3v) is 2.68. The number of ether oxygens (including phenoxy) is 2. The first kappa shape index (κ1) is 18.4. The molecule has 22 heavy (non-hydrogen) atoms. The van der Waals surface area contributed by atoms with Gasteiger partial charge in [-0.05, 0) is 38.5 Å². The van der Waals surface area contributed by atoms with Crippen molar-refractivity contribution in [2.45, 2.75) is 32.9 Å². The zero-order valence-corrected chi connectivity index (χ0v) is 13.3. The SMILES string of the molecule is CC(C)(C)OC(=O)N(CCOCCO)Cc1ccc(F)cc1. The Morgan fingerprint density at radius 2 is 1.86 bits per heavy atom. The maximum Gasteiger partial charge on any atom is 0.410 e. The fraction of sp³-hybridized carbons (Fsp3) is 0.562. The molecule has 0 atom stereocenters. The van der Waals surface area contributed by atoms with Crippen LogP contribution >= 0.6 is 0 Å². The van der Waals surface area contributed by atoms with Gasteiger partial charge in [-0.1, -0.05) is 12.1 Å². The molecule has 0 spiro atoms. The second-order valence-corrected chi connectivity index (χ2v) is 5.86. The number of rotatable bonds is 7. The third-order valence-electron chi connectivity index (χ3n) is 2.68. The van der Waals surface area contributed by atoms with Gasteiger partial charge in [-0.3, -0.25) is 0 Å². The Kier molecular flexibility index (Phi) is 7.27. The van der Waals surface area contributed by atoms with Gasteiger partial charge >= 0.3 is 6.09 Å². The molecule has 1 aromatic carbocycles. The van der Waals surface area contributed by atoms with Crippen LogP contribution in [0.25, 0.3) is 0 Å². The van der Waals surface area contributed by atoms with E-state index in [2.05, 4.69) is 0 Å². The first-order valence-corrected chi connectivity index (χ1v) is 7.23. The van der Waals surface area contributed by atoms with Gasteiger partial charge in [0.05, 0.1) is 19.8 Å². The van der Waals surface area contributed by atoms with Crippen LogP contribution in [0, 0.1) is 5.82 Å². The van der Waals surface area contributed by atoms with E-state index in [4.69, 9.17) is 14.6 Å². The van der Waals surface area contributed by atoms with Crippen molar-refractivity contribution in [3.05, 3.63) is 35.6 Å². The van der Waals surface area contributed by atoms with Crippen molar-refractivity contribution in [1.82, 2.24) is 4.90 Å². The molecule has 0 saturated heterocycles. The van der Waals surface area contributed by atoms with Crippen molar-refractivity contribution < 1.29 is 23.8 Å². The summed E-state index contributed by atoms with van der Waals surface area (Å²) in [5.41, 5.74) is 0.207. The Morgan fingerprint density at radius 1 is 1.23 bits per heavy atom. The maximum atomic E-state index is 12.9. The second kappa shape index (κ2) is 8.70. The lowest BCUT2D eigenvalue weighted by Gasteiger charge is -2.27. The summed E-state index contributed by atoms with van der Waals surface area (Å²) in [5.74, 6) is -0.321. The number of aliphatic hydroxyl groups excluding tert-OH is 1. The summed E-state index contributed by atoms with van der Waals surface area (Å²) in [6.45, 7) is 6.46. The van der Waals surface area contributed by atoms with Crippen molar-refractivity contribution in [2.75, 3.05) is 26.4 Å². The van der Waals surface area contributed by atoms with Crippen LogP contribution in [0.3, 0.4) is 0 Å². The molecule has 0 aliphatic rings. The van der Waals surface area contributed by atoms with Crippen molar-refractivity contribution in [1.29, 1.82) is 0 Å². The molecule has 0 saturated carbocycles. The van der Waals surface area contributed by atoms with E-state index >= 15 is 0 Å². The Balaban J connectivity index is 2.67. The fourth-order valence-electron chi connectivity index (χ4n) is 1.71. The largest absolute Gasteiger partial charge is 0.444 e. The summed E-state index contributed by atoms with van der Waals surface area (Å²) in [4.78, 5) is 13.7. The first-order chi connectivity index (χ1) is 10.3. The molecule has 0 aliphatic heterocycles. The van der Waals surface area contributed by atoms with Gasteiger partial charge in [-0.2, -0.15) is 0 Å². The molecule has 0 fully saturated rings. The van der Waals surface area contributed by atoms with Crippen molar-refractivity contribution in [2.24, 2.45) is 0 Å². The Labute approximate surface area is 130 Å². The van der Waals surface area contributed by atoms with Gasteiger partial charge in [0.1, 0.15) is 11.4 Å². The van der Waals surface area contributed by atoms with Gasteiger partial charge in [0.25, 0.3) is 0 Å². The summed E-state index contributed by atoms with van der Waals surface area (Å²) in [6.07, 6.45) is -0.454. The molecule has 1 rings (SSSR count). The fourth-order valence-corrected chi connectivity index (χ4v) is 1.71. The van der Waals surface area contributed by atoms with Crippen LogP contribution in [0.4, 0.5) is 9.18 Å². The van der Waals surface area contributed by atoms with Crippen LogP contribution in [0.15, 0.2) is 24.3 Å². The molecule has 5 nitrogen and oxygen atoms in total. The van der Waals surface area contributed by atoms with Crippen LogP contribution in [-0.4, -0.2) is 48.1 Å². The summed E-state index contributed by atoms with van der Waals surface area (Å²) < 4.78 is 23.5. The average Bonchev–Trinajstić information content (AvgIpc) is 2.42.